The molecule has 0 fully saturated rings. The van der Waals surface area contributed by atoms with Crippen LogP contribution >= 0.6 is 0 Å². The van der Waals surface area contributed by atoms with E-state index < -0.39 is 0 Å². The Hall–Kier alpha value is -2.14. The molecule has 0 spiro atoms. The van der Waals surface area contributed by atoms with Crippen molar-refractivity contribution in [3.8, 4) is 5.75 Å². The fourth-order valence-corrected chi connectivity index (χ4v) is 2.32. The molecule has 0 bridgehead atoms. The molecule has 1 aromatic heterocycles. The zero-order chi connectivity index (χ0) is 13.2. The Labute approximate surface area is 110 Å². The number of pyridine rings is 1. The number of phenolic OH excluding ortho intramolecular Hbond substituents is 1. The standard InChI is InChI=1S/C14H14FN3O/c15-13-1-2-14(19)12-9-18(8-5-11(12)13)17-10-3-6-16-7-4-10/h1-4,6-7,19H,5,8-9H2,(H,16,17). The van der Waals surface area contributed by atoms with Gasteiger partial charge in [0.25, 0.3) is 0 Å². The lowest BCUT2D eigenvalue weighted by molar-refractivity contribution is 0.296. The number of phenols is 1. The summed E-state index contributed by atoms with van der Waals surface area (Å²) in [5, 5.41) is 11.8. The van der Waals surface area contributed by atoms with Crippen LogP contribution in [0, 0.1) is 5.82 Å². The fourth-order valence-electron chi connectivity index (χ4n) is 2.32. The highest BCUT2D eigenvalue weighted by Crippen LogP contribution is 2.29. The summed E-state index contributed by atoms with van der Waals surface area (Å²) in [6, 6.07) is 6.45. The number of halogens is 1. The number of benzene rings is 1. The van der Waals surface area contributed by atoms with Crippen molar-refractivity contribution in [3.63, 3.8) is 0 Å². The molecule has 3 rings (SSSR count). The lowest BCUT2D eigenvalue weighted by Crippen LogP contribution is -2.35. The van der Waals surface area contributed by atoms with Crippen LogP contribution in [0.5, 0.6) is 5.75 Å². The van der Waals surface area contributed by atoms with Gasteiger partial charge in [-0.25, -0.2) is 9.40 Å². The Balaban J connectivity index is 1.81. The molecule has 5 heteroatoms. The van der Waals surface area contributed by atoms with Crippen molar-refractivity contribution in [1.29, 1.82) is 0 Å². The monoisotopic (exact) mass is 259 g/mol. The Kier molecular flexibility index (Phi) is 3.05. The van der Waals surface area contributed by atoms with Gasteiger partial charge in [-0.1, -0.05) is 0 Å². The predicted molar refractivity (Wildman–Crippen MR) is 70.0 cm³/mol. The van der Waals surface area contributed by atoms with Crippen molar-refractivity contribution in [2.24, 2.45) is 0 Å². The fraction of sp³-hybridized carbons (Fsp3) is 0.214. The first-order valence-corrected chi connectivity index (χ1v) is 6.15. The Morgan fingerprint density at radius 1 is 1.16 bits per heavy atom. The van der Waals surface area contributed by atoms with Crippen molar-refractivity contribution in [3.05, 3.63) is 53.6 Å². The summed E-state index contributed by atoms with van der Waals surface area (Å²) in [4.78, 5) is 3.95. The van der Waals surface area contributed by atoms with Gasteiger partial charge in [-0.15, -0.1) is 0 Å². The minimum atomic E-state index is -0.239. The quantitative estimate of drug-likeness (QED) is 0.869. The second kappa shape index (κ2) is 4.85. The third-order valence-electron chi connectivity index (χ3n) is 3.30. The number of anilines is 1. The third kappa shape index (κ3) is 2.37. The lowest BCUT2D eigenvalue weighted by atomic mass is 9.99. The molecule has 2 heterocycles. The van der Waals surface area contributed by atoms with Crippen LogP contribution in [0.25, 0.3) is 0 Å². The number of aromatic hydroxyl groups is 1. The van der Waals surface area contributed by atoms with Crippen molar-refractivity contribution >= 4 is 5.69 Å². The van der Waals surface area contributed by atoms with Gasteiger partial charge >= 0.3 is 0 Å². The van der Waals surface area contributed by atoms with E-state index in [0.717, 1.165) is 5.69 Å². The molecule has 0 saturated heterocycles. The maximum absolute atomic E-state index is 13.6. The number of aromatic nitrogens is 1. The number of hydrazine groups is 1. The molecule has 0 radical (unpaired) electrons. The highest BCUT2D eigenvalue weighted by Gasteiger charge is 2.21. The minimum Gasteiger partial charge on any atom is -0.508 e. The lowest BCUT2D eigenvalue weighted by Gasteiger charge is -2.30. The van der Waals surface area contributed by atoms with Crippen molar-refractivity contribution in [2.75, 3.05) is 12.0 Å². The Bertz CT molecular complexity index is 589. The van der Waals surface area contributed by atoms with Gasteiger partial charge in [-0.2, -0.15) is 0 Å². The molecule has 0 amide bonds. The van der Waals surface area contributed by atoms with Crippen LogP contribution < -0.4 is 5.43 Å². The number of rotatable bonds is 2. The molecule has 1 aromatic carbocycles. The molecule has 2 aromatic rings. The number of fused-ring (bicyclic) bond motifs is 1. The van der Waals surface area contributed by atoms with Gasteiger partial charge in [0.05, 0.1) is 5.69 Å². The maximum atomic E-state index is 13.6. The maximum Gasteiger partial charge on any atom is 0.127 e. The Morgan fingerprint density at radius 2 is 1.95 bits per heavy atom. The van der Waals surface area contributed by atoms with E-state index in [2.05, 4.69) is 10.4 Å². The average Bonchev–Trinajstić information content (AvgIpc) is 2.44. The van der Waals surface area contributed by atoms with E-state index in [1.54, 1.807) is 12.4 Å². The molecule has 0 saturated carbocycles. The van der Waals surface area contributed by atoms with Crippen LogP contribution in [0.3, 0.4) is 0 Å². The summed E-state index contributed by atoms with van der Waals surface area (Å²) >= 11 is 0. The van der Waals surface area contributed by atoms with Crippen LogP contribution in [0.15, 0.2) is 36.7 Å². The summed E-state index contributed by atoms with van der Waals surface area (Å²) in [5.74, 6) is -0.0889. The zero-order valence-electron chi connectivity index (χ0n) is 10.3. The van der Waals surface area contributed by atoms with Gasteiger partial charge in [0.1, 0.15) is 11.6 Å². The van der Waals surface area contributed by atoms with E-state index in [4.69, 9.17) is 0 Å². The molecule has 0 aliphatic carbocycles. The summed E-state index contributed by atoms with van der Waals surface area (Å²) in [5.41, 5.74) is 5.43. The molecular weight excluding hydrogens is 245 g/mol. The number of nitrogens with zero attached hydrogens (tertiary/aromatic N) is 2. The van der Waals surface area contributed by atoms with E-state index in [9.17, 15) is 9.50 Å². The van der Waals surface area contributed by atoms with Gasteiger partial charge in [0.2, 0.25) is 0 Å². The van der Waals surface area contributed by atoms with E-state index in [0.29, 0.717) is 30.6 Å². The van der Waals surface area contributed by atoms with Gasteiger partial charge in [-0.3, -0.25) is 4.98 Å². The van der Waals surface area contributed by atoms with Crippen LogP contribution in [-0.2, 0) is 13.0 Å². The van der Waals surface area contributed by atoms with Gasteiger partial charge in [-0.05, 0) is 36.2 Å². The van der Waals surface area contributed by atoms with E-state index in [1.807, 2.05) is 17.1 Å². The molecule has 2 N–H and O–H groups in total. The molecule has 19 heavy (non-hydrogen) atoms. The summed E-state index contributed by atoms with van der Waals surface area (Å²) in [6.45, 7) is 1.16. The molecule has 0 unspecified atom stereocenters. The first-order valence-electron chi connectivity index (χ1n) is 6.15. The molecule has 0 atom stereocenters. The highest BCUT2D eigenvalue weighted by atomic mass is 19.1. The zero-order valence-corrected chi connectivity index (χ0v) is 10.3. The van der Waals surface area contributed by atoms with Crippen molar-refractivity contribution in [1.82, 2.24) is 9.99 Å². The van der Waals surface area contributed by atoms with Crippen molar-refractivity contribution in [2.45, 2.75) is 13.0 Å². The SMILES string of the molecule is Oc1ccc(F)c2c1CN(Nc1ccncc1)CC2. The largest absolute Gasteiger partial charge is 0.508 e. The van der Waals surface area contributed by atoms with Gasteiger partial charge < -0.3 is 10.5 Å². The molecule has 1 aliphatic rings. The summed E-state index contributed by atoms with van der Waals surface area (Å²) in [7, 11) is 0. The molecule has 1 aliphatic heterocycles. The van der Waals surface area contributed by atoms with Crippen LogP contribution in [-0.4, -0.2) is 21.6 Å². The topological polar surface area (TPSA) is 48.4 Å². The van der Waals surface area contributed by atoms with Crippen LogP contribution in [0.4, 0.5) is 10.1 Å². The second-order valence-electron chi connectivity index (χ2n) is 4.54. The average molecular weight is 259 g/mol. The van der Waals surface area contributed by atoms with Crippen LogP contribution in [0.1, 0.15) is 11.1 Å². The normalized spacial score (nSPS) is 15.0. The molecule has 4 nitrogen and oxygen atoms in total. The van der Waals surface area contributed by atoms with E-state index in [1.165, 1.54) is 12.1 Å². The minimum absolute atomic E-state index is 0.151. The van der Waals surface area contributed by atoms with Crippen LogP contribution in [0.2, 0.25) is 0 Å². The number of hydrogen-bond donors (Lipinski definition) is 2. The predicted octanol–water partition coefficient (Wildman–Crippen LogP) is 2.31. The summed E-state index contributed by atoms with van der Waals surface area (Å²) in [6.07, 6.45) is 3.99. The van der Waals surface area contributed by atoms with Gasteiger partial charge in [0, 0.05) is 31.0 Å². The number of hydrogen-bond acceptors (Lipinski definition) is 4. The number of nitrogens with one attached hydrogen (secondary N) is 1. The van der Waals surface area contributed by atoms with Gasteiger partial charge in [0.15, 0.2) is 0 Å². The third-order valence-corrected chi connectivity index (χ3v) is 3.30. The van der Waals surface area contributed by atoms with E-state index >= 15 is 0 Å². The molecular formula is C14H14FN3O. The smallest absolute Gasteiger partial charge is 0.127 e. The first-order chi connectivity index (χ1) is 9.24. The first kappa shape index (κ1) is 11.9. The Morgan fingerprint density at radius 3 is 2.74 bits per heavy atom. The molecule has 98 valence electrons. The van der Waals surface area contributed by atoms with E-state index in [-0.39, 0.29) is 11.6 Å². The summed E-state index contributed by atoms with van der Waals surface area (Å²) < 4.78 is 13.6. The second-order valence-corrected chi connectivity index (χ2v) is 4.54. The highest BCUT2D eigenvalue weighted by molar-refractivity contribution is 5.44. The van der Waals surface area contributed by atoms with Crippen molar-refractivity contribution < 1.29 is 9.50 Å².